The smallest absolute Gasteiger partial charge is 0.412 e. The predicted octanol–water partition coefficient (Wildman–Crippen LogP) is 1.71. The number of anilines is 1. The van der Waals surface area contributed by atoms with Gasteiger partial charge in [-0.2, -0.15) is 0 Å². The molecule has 0 unspecified atom stereocenters. The molecule has 0 spiro atoms. The lowest BCUT2D eigenvalue weighted by Gasteiger charge is -2.20. The van der Waals surface area contributed by atoms with Crippen molar-refractivity contribution < 1.29 is 24.2 Å². The monoisotopic (exact) mass is 282 g/mol. The van der Waals surface area contributed by atoms with Crippen LogP contribution >= 0.6 is 0 Å². The molecule has 0 saturated heterocycles. The van der Waals surface area contributed by atoms with Gasteiger partial charge in [0, 0.05) is 6.20 Å². The fourth-order valence-corrected chi connectivity index (χ4v) is 1.36. The first-order valence-electron chi connectivity index (χ1n) is 5.95. The summed E-state index contributed by atoms with van der Waals surface area (Å²) in [6, 6.07) is 1.43. The van der Waals surface area contributed by atoms with E-state index in [1.807, 2.05) is 0 Å². The van der Waals surface area contributed by atoms with E-state index in [4.69, 9.17) is 9.84 Å². The number of hydrogen-bond donors (Lipinski definition) is 2. The molecule has 110 valence electrons. The maximum absolute atomic E-state index is 11.7. The minimum Gasteiger partial charge on any atom is -0.464 e. The van der Waals surface area contributed by atoms with Crippen molar-refractivity contribution in [2.75, 3.05) is 12.4 Å². The van der Waals surface area contributed by atoms with Gasteiger partial charge in [0.1, 0.15) is 5.60 Å². The van der Waals surface area contributed by atoms with Gasteiger partial charge in [-0.15, -0.1) is 0 Å². The minimum absolute atomic E-state index is 0.0597. The zero-order valence-corrected chi connectivity index (χ0v) is 11.9. The van der Waals surface area contributed by atoms with Crippen molar-refractivity contribution in [1.82, 2.24) is 4.98 Å². The second-order valence-corrected chi connectivity index (χ2v) is 5.02. The molecule has 2 N–H and O–H groups in total. The molecule has 0 atom stereocenters. The number of aliphatic hydroxyl groups is 1. The van der Waals surface area contributed by atoms with E-state index in [-0.39, 0.29) is 18.0 Å². The number of rotatable bonds is 3. The second kappa shape index (κ2) is 6.33. The number of aromatic nitrogens is 1. The fraction of sp³-hybridized carbons (Fsp3) is 0.462. The third kappa shape index (κ3) is 4.51. The van der Waals surface area contributed by atoms with E-state index < -0.39 is 17.7 Å². The topological polar surface area (TPSA) is 97.8 Å². The van der Waals surface area contributed by atoms with E-state index in [0.717, 1.165) is 0 Å². The Morgan fingerprint density at radius 2 is 2.05 bits per heavy atom. The molecule has 0 aromatic carbocycles. The Morgan fingerprint density at radius 1 is 1.40 bits per heavy atom. The molecule has 0 fully saturated rings. The average Bonchev–Trinajstić information content (AvgIpc) is 2.35. The van der Waals surface area contributed by atoms with Crippen molar-refractivity contribution in [3.63, 3.8) is 0 Å². The van der Waals surface area contributed by atoms with Gasteiger partial charge in [-0.3, -0.25) is 5.32 Å². The van der Waals surface area contributed by atoms with Crippen LogP contribution in [0, 0.1) is 0 Å². The van der Waals surface area contributed by atoms with Crippen molar-refractivity contribution in [3.8, 4) is 0 Å². The third-order valence-electron chi connectivity index (χ3n) is 2.14. The van der Waals surface area contributed by atoms with E-state index in [2.05, 4.69) is 15.0 Å². The summed E-state index contributed by atoms with van der Waals surface area (Å²) in [6.45, 7) is 4.89. The van der Waals surface area contributed by atoms with Gasteiger partial charge >= 0.3 is 12.1 Å². The summed E-state index contributed by atoms with van der Waals surface area (Å²) in [7, 11) is 1.21. The van der Waals surface area contributed by atoms with Crippen molar-refractivity contribution in [1.29, 1.82) is 0 Å². The highest BCUT2D eigenvalue weighted by atomic mass is 16.6. The maximum Gasteiger partial charge on any atom is 0.412 e. The average molecular weight is 282 g/mol. The molecule has 20 heavy (non-hydrogen) atoms. The van der Waals surface area contributed by atoms with Crippen LogP contribution in [0.2, 0.25) is 0 Å². The van der Waals surface area contributed by atoms with Crippen molar-refractivity contribution >= 4 is 17.7 Å². The normalized spacial score (nSPS) is 10.8. The number of aliphatic hydroxyl groups excluding tert-OH is 1. The van der Waals surface area contributed by atoms with Crippen LogP contribution in [0.3, 0.4) is 0 Å². The first kappa shape index (κ1) is 15.9. The standard InChI is InChI=1S/C13H18N2O5/c1-13(2,3)20-12(18)15-9-5-8(7-16)6-14-10(9)11(17)19-4/h5-6,16H,7H2,1-4H3,(H,15,18). The summed E-state index contributed by atoms with van der Waals surface area (Å²) < 4.78 is 9.67. The number of carbonyl (C=O) groups is 2. The van der Waals surface area contributed by atoms with Crippen LogP contribution < -0.4 is 5.32 Å². The number of pyridine rings is 1. The highest BCUT2D eigenvalue weighted by molar-refractivity contribution is 5.98. The number of hydrogen-bond acceptors (Lipinski definition) is 6. The Morgan fingerprint density at radius 3 is 2.55 bits per heavy atom. The summed E-state index contributed by atoms with van der Waals surface area (Å²) in [5.41, 5.74) is -0.158. The molecule has 1 aromatic rings. The van der Waals surface area contributed by atoms with E-state index in [1.54, 1.807) is 20.8 Å². The molecule has 1 rings (SSSR count). The number of ether oxygens (including phenoxy) is 2. The van der Waals surface area contributed by atoms with Gasteiger partial charge in [0.2, 0.25) is 0 Å². The molecule has 1 heterocycles. The molecule has 0 aliphatic carbocycles. The lowest BCUT2D eigenvalue weighted by Crippen LogP contribution is -2.28. The summed E-state index contributed by atoms with van der Waals surface area (Å²) in [5, 5.41) is 11.5. The van der Waals surface area contributed by atoms with E-state index in [0.29, 0.717) is 5.56 Å². The van der Waals surface area contributed by atoms with Gasteiger partial charge in [-0.05, 0) is 32.4 Å². The lowest BCUT2D eigenvalue weighted by atomic mass is 10.2. The van der Waals surface area contributed by atoms with Gasteiger partial charge in [-0.25, -0.2) is 14.6 Å². The van der Waals surface area contributed by atoms with Crippen LogP contribution in [0.4, 0.5) is 10.5 Å². The molecule has 0 saturated carbocycles. The molecule has 0 aliphatic rings. The maximum atomic E-state index is 11.7. The predicted molar refractivity (Wildman–Crippen MR) is 71.4 cm³/mol. The minimum atomic E-state index is -0.723. The Bertz CT molecular complexity index is 508. The van der Waals surface area contributed by atoms with Gasteiger partial charge in [0.25, 0.3) is 0 Å². The second-order valence-electron chi connectivity index (χ2n) is 5.02. The van der Waals surface area contributed by atoms with Crippen LogP contribution in [0.5, 0.6) is 0 Å². The summed E-state index contributed by atoms with van der Waals surface area (Å²) in [6.07, 6.45) is 0.603. The first-order chi connectivity index (χ1) is 9.26. The lowest BCUT2D eigenvalue weighted by molar-refractivity contribution is 0.0595. The number of nitrogens with zero attached hydrogens (tertiary/aromatic N) is 1. The van der Waals surface area contributed by atoms with Gasteiger partial charge in [-0.1, -0.05) is 0 Å². The van der Waals surface area contributed by atoms with Gasteiger partial charge in [0.15, 0.2) is 5.69 Å². The largest absolute Gasteiger partial charge is 0.464 e. The van der Waals surface area contributed by atoms with Crippen molar-refractivity contribution in [2.24, 2.45) is 0 Å². The van der Waals surface area contributed by atoms with Crippen molar-refractivity contribution in [2.45, 2.75) is 33.0 Å². The van der Waals surface area contributed by atoms with Crippen LogP contribution in [0.1, 0.15) is 36.8 Å². The summed E-state index contributed by atoms with van der Waals surface area (Å²) in [5.74, 6) is -0.694. The molecule has 7 nitrogen and oxygen atoms in total. The molecule has 1 aromatic heterocycles. The highest BCUT2D eigenvalue weighted by Gasteiger charge is 2.20. The molecule has 1 amide bonds. The quantitative estimate of drug-likeness (QED) is 0.819. The zero-order valence-electron chi connectivity index (χ0n) is 11.9. The molecule has 0 radical (unpaired) electrons. The fourth-order valence-electron chi connectivity index (χ4n) is 1.36. The summed E-state index contributed by atoms with van der Waals surface area (Å²) >= 11 is 0. The number of methoxy groups -OCH3 is 1. The van der Waals surface area contributed by atoms with Crippen LogP contribution in [-0.2, 0) is 16.1 Å². The molecular weight excluding hydrogens is 264 g/mol. The molecular formula is C13H18N2O5. The number of nitrogens with one attached hydrogen (secondary N) is 1. The summed E-state index contributed by atoms with van der Waals surface area (Å²) in [4.78, 5) is 27.1. The van der Waals surface area contributed by atoms with Gasteiger partial charge < -0.3 is 14.6 Å². The van der Waals surface area contributed by atoms with E-state index >= 15 is 0 Å². The Hall–Kier alpha value is -2.15. The number of amides is 1. The van der Waals surface area contributed by atoms with Gasteiger partial charge in [0.05, 0.1) is 19.4 Å². The molecule has 7 heteroatoms. The third-order valence-corrected chi connectivity index (χ3v) is 2.14. The van der Waals surface area contributed by atoms with E-state index in [9.17, 15) is 9.59 Å². The SMILES string of the molecule is COC(=O)c1ncc(CO)cc1NC(=O)OC(C)(C)C. The van der Waals surface area contributed by atoms with E-state index in [1.165, 1.54) is 19.4 Å². The Kier molecular flexibility index (Phi) is 5.04. The number of carbonyl (C=O) groups excluding carboxylic acids is 2. The van der Waals surface area contributed by atoms with Crippen LogP contribution in [-0.4, -0.2) is 34.9 Å². The zero-order chi connectivity index (χ0) is 15.3. The Labute approximate surface area is 116 Å². The van der Waals surface area contributed by atoms with Crippen LogP contribution in [0.25, 0.3) is 0 Å². The highest BCUT2D eigenvalue weighted by Crippen LogP contribution is 2.18. The molecule has 0 bridgehead atoms. The molecule has 0 aliphatic heterocycles. The van der Waals surface area contributed by atoms with Crippen LogP contribution in [0.15, 0.2) is 12.3 Å². The van der Waals surface area contributed by atoms with Crippen molar-refractivity contribution in [3.05, 3.63) is 23.5 Å². The Balaban J connectivity index is 3.01. The number of esters is 1. The first-order valence-corrected chi connectivity index (χ1v) is 5.95.